The summed E-state index contributed by atoms with van der Waals surface area (Å²) < 4.78 is 0. The molecule has 1 amide bonds. The third kappa shape index (κ3) is 4.25. The summed E-state index contributed by atoms with van der Waals surface area (Å²) in [5, 5.41) is 6.04. The van der Waals surface area contributed by atoms with Crippen molar-refractivity contribution < 1.29 is 4.79 Å². The molecule has 2 aromatic carbocycles. The molecule has 0 unspecified atom stereocenters. The Labute approximate surface area is 153 Å². The molecule has 0 fully saturated rings. The maximum absolute atomic E-state index is 12.4. The van der Waals surface area contributed by atoms with Crippen molar-refractivity contribution in [1.82, 2.24) is 9.97 Å². The van der Waals surface area contributed by atoms with E-state index in [1.807, 2.05) is 44.2 Å². The van der Waals surface area contributed by atoms with Crippen LogP contribution >= 0.6 is 0 Å². The maximum Gasteiger partial charge on any atom is 0.258 e. The van der Waals surface area contributed by atoms with Crippen LogP contribution in [-0.2, 0) is 6.42 Å². The highest BCUT2D eigenvalue weighted by molar-refractivity contribution is 6.04. The number of rotatable bonds is 5. The number of nitrogens with one attached hydrogen (secondary N) is 2. The number of anilines is 3. The molecule has 0 aliphatic carbocycles. The molecule has 0 radical (unpaired) electrons. The van der Waals surface area contributed by atoms with Crippen LogP contribution < -0.4 is 10.6 Å². The van der Waals surface area contributed by atoms with Gasteiger partial charge in [-0.25, -0.2) is 9.97 Å². The summed E-state index contributed by atoms with van der Waals surface area (Å²) in [7, 11) is 0. The molecule has 3 aromatic rings. The minimum Gasteiger partial charge on any atom is -0.324 e. The van der Waals surface area contributed by atoms with E-state index in [0.29, 0.717) is 11.5 Å². The van der Waals surface area contributed by atoms with Gasteiger partial charge in [0.05, 0.1) is 5.56 Å². The van der Waals surface area contributed by atoms with Crippen molar-refractivity contribution in [1.29, 1.82) is 0 Å². The summed E-state index contributed by atoms with van der Waals surface area (Å²) in [6.07, 6.45) is 4.05. The minimum atomic E-state index is -0.224. The quantitative estimate of drug-likeness (QED) is 0.705. The van der Waals surface area contributed by atoms with E-state index in [2.05, 4.69) is 39.7 Å². The van der Waals surface area contributed by atoms with Gasteiger partial charge in [-0.2, -0.15) is 0 Å². The Bertz CT molecular complexity index is 902. The van der Waals surface area contributed by atoms with Gasteiger partial charge < -0.3 is 10.6 Å². The van der Waals surface area contributed by atoms with Gasteiger partial charge in [-0.15, -0.1) is 0 Å². The molecule has 0 atom stereocenters. The zero-order valence-corrected chi connectivity index (χ0v) is 15.2. The normalized spacial score (nSPS) is 10.4. The maximum atomic E-state index is 12.4. The summed E-state index contributed by atoms with van der Waals surface area (Å²) in [6, 6.07) is 14.1. The van der Waals surface area contributed by atoms with E-state index >= 15 is 0 Å². The highest BCUT2D eigenvalue weighted by Gasteiger charge is 2.09. The smallest absolute Gasteiger partial charge is 0.258 e. The highest BCUT2D eigenvalue weighted by atomic mass is 16.1. The van der Waals surface area contributed by atoms with E-state index in [1.54, 1.807) is 0 Å². The third-order valence-electron chi connectivity index (χ3n) is 4.17. The van der Waals surface area contributed by atoms with E-state index in [0.717, 1.165) is 28.9 Å². The molecular formula is C21H22N4O. The van der Waals surface area contributed by atoms with E-state index in [1.165, 1.54) is 18.0 Å². The van der Waals surface area contributed by atoms with E-state index < -0.39 is 0 Å². The first-order valence-corrected chi connectivity index (χ1v) is 8.62. The molecule has 0 saturated carbocycles. The lowest BCUT2D eigenvalue weighted by atomic mass is 10.1. The number of aryl methyl sites for hydroxylation is 3. The number of hydrogen-bond donors (Lipinski definition) is 2. The van der Waals surface area contributed by atoms with Gasteiger partial charge in [-0.1, -0.05) is 31.2 Å². The largest absolute Gasteiger partial charge is 0.324 e. The fourth-order valence-electron chi connectivity index (χ4n) is 2.53. The first-order valence-electron chi connectivity index (χ1n) is 8.62. The molecule has 0 bridgehead atoms. The van der Waals surface area contributed by atoms with E-state index in [9.17, 15) is 4.79 Å². The summed E-state index contributed by atoms with van der Waals surface area (Å²) in [5.74, 6) is 0.232. The Hall–Kier alpha value is -3.21. The minimum absolute atomic E-state index is 0.224. The van der Waals surface area contributed by atoms with Gasteiger partial charge in [0.15, 0.2) is 0 Å². The van der Waals surface area contributed by atoms with Crippen LogP contribution in [0.2, 0.25) is 0 Å². The SMILES string of the molecule is CCc1ccc(Nc2ncc(C(=O)Nc3cc(C)ccc3C)cn2)cc1. The summed E-state index contributed by atoms with van der Waals surface area (Å²) in [5.41, 5.74) is 5.50. The molecule has 0 aliphatic rings. The molecular weight excluding hydrogens is 324 g/mol. The van der Waals surface area contributed by atoms with Gasteiger partial charge >= 0.3 is 0 Å². The van der Waals surface area contributed by atoms with E-state index in [4.69, 9.17) is 0 Å². The molecule has 3 rings (SSSR count). The number of hydrogen-bond acceptors (Lipinski definition) is 4. The van der Waals surface area contributed by atoms with Gasteiger partial charge in [0.2, 0.25) is 5.95 Å². The predicted molar refractivity (Wildman–Crippen MR) is 105 cm³/mol. The number of carbonyl (C=O) groups is 1. The van der Waals surface area contributed by atoms with Crippen molar-refractivity contribution >= 4 is 23.2 Å². The van der Waals surface area contributed by atoms with Gasteiger partial charge in [0.1, 0.15) is 0 Å². The number of amides is 1. The highest BCUT2D eigenvalue weighted by Crippen LogP contribution is 2.18. The Kier molecular flexibility index (Phi) is 5.27. The van der Waals surface area contributed by atoms with Crippen LogP contribution in [0.3, 0.4) is 0 Å². The van der Waals surface area contributed by atoms with E-state index in [-0.39, 0.29) is 5.91 Å². The van der Waals surface area contributed by atoms with Crippen LogP contribution in [-0.4, -0.2) is 15.9 Å². The zero-order chi connectivity index (χ0) is 18.5. The molecule has 5 nitrogen and oxygen atoms in total. The Morgan fingerprint density at radius 2 is 1.69 bits per heavy atom. The fraction of sp³-hybridized carbons (Fsp3) is 0.190. The molecule has 5 heteroatoms. The van der Waals surface area contributed by atoms with Crippen LogP contribution in [0.15, 0.2) is 54.9 Å². The topological polar surface area (TPSA) is 66.9 Å². The zero-order valence-electron chi connectivity index (χ0n) is 15.2. The Balaban J connectivity index is 1.68. The molecule has 132 valence electrons. The van der Waals surface area contributed by atoms with Crippen LogP contribution in [0.4, 0.5) is 17.3 Å². The molecule has 0 aliphatic heterocycles. The average molecular weight is 346 g/mol. The lowest BCUT2D eigenvalue weighted by Crippen LogP contribution is -2.14. The molecule has 0 saturated heterocycles. The second-order valence-electron chi connectivity index (χ2n) is 6.24. The third-order valence-corrected chi connectivity index (χ3v) is 4.17. The lowest BCUT2D eigenvalue weighted by molar-refractivity contribution is 0.102. The van der Waals surface area contributed by atoms with Crippen LogP contribution in [0, 0.1) is 13.8 Å². The number of benzene rings is 2. The summed E-state index contributed by atoms with van der Waals surface area (Å²) in [4.78, 5) is 20.9. The molecule has 1 heterocycles. The first-order chi connectivity index (χ1) is 12.5. The molecule has 0 spiro atoms. The Morgan fingerprint density at radius 3 is 2.35 bits per heavy atom. The Morgan fingerprint density at radius 1 is 1.00 bits per heavy atom. The fourth-order valence-corrected chi connectivity index (χ4v) is 2.53. The lowest BCUT2D eigenvalue weighted by Gasteiger charge is -2.10. The van der Waals surface area contributed by atoms with Crippen molar-refractivity contribution in [2.75, 3.05) is 10.6 Å². The summed E-state index contributed by atoms with van der Waals surface area (Å²) in [6.45, 7) is 6.07. The van der Waals surface area contributed by atoms with Crippen LogP contribution in [0.25, 0.3) is 0 Å². The van der Waals surface area contributed by atoms with Crippen molar-refractivity contribution in [3.8, 4) is 0 Å². The average Bonchev–Trinajstić information content (AvgIpc) is 2.66. The van der Waals surface area contributed by atoms with Gasteiger partial charge in [-0.05, 0) is 55.2 Å². The van der Waals surface area contributed by atoms with Crippen molar-refractivity contribution in [3.05, 3.63) is 77.1 Å². The van der Waals surface area contributed by atoms with Crippen molar-refractivity contribution in [2.45, 2.75) is 27.2 Å². The van der Waals surface area contributed by atoms with Crippen LogP contribution in [0.1, 0.15) is 34.0 Å². The predicted octanol–water partition coefficient (Wildman–Crippen LogP) is 4.65. The van der Waals surface area contributed by atoms with Gasteiger partial charge in [-0.3, -0.25) is 4.79 Å². The van der Waals surface area contributed by atoms with Crippen molar-refractivity contribution in [3.63, 3.8) is 0 Å². The molecule has 2 N–H and O–H groups in total. The first kappa shape index (κ1) is 17.6. The number of nitrogens with zero attached hydrogens (tertiary/aromatic N) is 2. The monoisotopic (exact) mass is 346 g/mol. The van der Waals surface area contributed by atoms with Gasteiger partial charge in [0, 0.05) is 23.8 Å². The number of carbonyl (C=O) groups excluding carboxylic acids is 1. The standard InChI is InChI=1S/C21H22N4O/c1-4-16-7-9-18(10-8-16)24-21-22-12-17(13-23-21)20(26)25-19-11-14(2)5-6-15(19)3/h5-13H,4H2,1-3H3,(H,25,26)(H,22,23,24). The second-order valence-corrected chi connectivity index (χ2v) is 6.24. The molecule has 26 heavy (non-hydrogen) atoms. The second kappa shape index (κ2) is 7.78. The molecule has 1 aromatic heterocycles. The van der Waals surface area contributed by atoms with Crippen molar-refractivity contribution in [2.24, 2.45) is 0 Å². The number of aromatic nitrogens is 2. The van der Waals surface area contributed by atoms with Gasteiger partial charge in [0.25, 0.3) is 5.91 Å². The van der Waals surface area contributed by atoms with Crippen LogP contribution in [0.5, 0.6) is 0 Å². The summed E-state index contributed by atoms with van der Waals surface area (Å²) >= 11 is 0.